The number of aromatic nitrogens is 4. The Balaban J connectivity index is 2.10. The van der Waals surface area contributed by atoms with E-state index in [0.29, 0.717) is 11.4 Å². The van der Waals surface area contributed by atoms with E-state index >= 15 is 0 Å². The molecule has 0 spiro atoms. The maximum absolute atomic E-state index is 12.6. The quantitative estimate of drug-likeness (QED) is 0.231. The van der Waals surface area contributed by atoms with Crippen molar-refractivity contribution in [2.75, 3.05) is 6.61 Å². The molecule has 12 nitrogen and oxygen atoms in total. The summed E-state index contributed by atoms with van der Waals surface area (Å²) in [5.41, 5.74) is 6.54. The summed E-state index contributed by atoms with van der Waals surface area (Å²) in [5, 5.41) is 23.2. The Morgan fingerprint density at radius 2 is 1.52 bits per heavy atom. The minimum atomic E-state index is -1.24. The van der Waals surface area contributed by atoms with Crippen molar-refractivity contribution < 1.29 is 24.6 Å². The number of nitrogens with zero attached hydrogens (tertiary/aromatic N) is 2. The second kappa shape index (κ2) is 9.45. The van der Waals surface area contributed by atoms with Crippen molar-refractivity contribution in [1.29, 1.82) is 0 Å². The maximum Gasteiger partial charge on any atom is 0.326 e. The molecule has 0 aliphatic rings. The number of carbonyl (C=O) groups is 3. The number of aliphatic carboxylic acids is 1. The number of carboxylic acid groups (broad SMARTS) is 1. The SMILES string of the molecule is NC(CO)C(=O)NC(Cc1cnc[nH]1)C(=O)NC(Cc1cnc[nH]1)C(=O)O. The molecule has 2 amide bonds. The molecular weight excluding hydrogens is 358 g/mol. The highest BCUT2D eigenvalue weighted by Gasteiger charge is 2.28. The molecule has 146 valence electrons. The first-order valence-electron chi connectivity index (χ1n) is 8.05. The first-order valence-corrected chi connectivity index (χ1v) is 8.05. The van der Waals surface area contributed by atoms with Gasteiger partial charge in [0.1, 0.15) is 18.1 Å². The molecule has 2 rings (SSSR count). The number of hydrogen-bond acceptors (Lipinski definition) is 7. The zero-order chi connectivity index (χ0) is 19.8. The third kappa shape index (κ3) is 5.90. The van der Waals surface area contributed by atoms with Gasteiger partial charge in [-0.1, -0.05) is 0 Å². The number of H-pyrrole nitrogens is 2. The summed E-state index contributed by atoms with van der Waals surface area (Å²) in [6, 6.07) is -3.55. The third-order valence-electron chi connectivity index (χ3n) is 3.74. The molecule has 2 aromatic heterocycles. The lowest BCUT2D eigenvalue weighted by Crippen LogP contribution is -2.56. The molecule has 0 aromatic carbocycles. The van der Waals surface area contributed by atoms with Crippen LogP contribution in [0.3, 0.4) is 0 Å². The number of aromatic amines is 2. The molecule has 0 aliphatic carbocycles. The standard InChI is InChI=1S/C15H21N7O5/c16-10(5-23)13(24)21-11(1-8-3-17-6-19-8)14(25)22-12(15(26)27)2-9-4-18-7-20-9/h3-4,6-7,10-12,23H,1-2,5,16H2,(H,17,19)(H,18,20)(H,21,24)(H,22,25)(H,26,27). The number of amides is 2. The smallest absolute Gasteiger partial charge is 0.326 e. The summed E-state index contributed by atoms with van der Waals surface area (Å²) < 4.78 is 0. The van der Waals surface area contributed by atoms with Crippen molar-refractivity contribution in [2.45, 2.75) is 31.0 Å². The molecule has 3 atom stereocenters. The van der Waals surface area contributed by atoms with Crippen molar-refractivity contribution in [3.8, 4) is 0 Å². The zero-order valence-corrected chi connectivity index (χ0v) is 14.3. The molecule has 0 saturated carbocycles. The first kappa shape index (κ1) is 20.1. The highest BCUT2D eigenvalue weighted by atomic mass is 16.4. The average molecular weight is 379 g/mol. The van der Waals surface area contributed by atoms with Gasteiger partial charge in [-0.2, -0.15) is 0 Å². The van der Waals surface area contributed by atoms with Crippen molar-refractivity contribution in [3.63, 3.8) is 0 Å². The summed E-state index contributed by atoms with van der Waals surface area (Å²) in [6.07, 6.45) is 5.75. The number of aliphatic hydroxyl groups excluding tert-OH is 1. The molecular formula is C15H21N7O5. The number of aliphatic hydroxyl groups is 1. The van der Waals surface area contributed by atoms with Gasteiger partial charge >= 0.3 is 5.97 Å². The third-order valence-corrected chi connectivity index (χ3v) is 3.74. The Labute approximate surface area is 153 Å². The van der Waals surface area contributed by atoms with E-state index in [2.05, 4.69) is 30.6 Å². The van der Waals surface area contributed by atoms with Crippen molar-refractivity contribution in [3.05, 3.63) is 36.4 Å². The monoisotopic (exact) mass is 379 g/mol. The lowest BCUT2D eigenvalue weighted by molar-refractivity contribution is -0.142. The van der Waals surface area contributed by atoms with E-state index in [1.165, 1.54) is 25.0 Å². The summed E-state index contributed by atoms with van der Waals surface area (Å²) in [6.45, 7) is -0.595. The van der Waals surface area contributed by atoms with Gasteiger partial charge in [0, 0.05) is 36.6 Å². The highest BCUT2D eigenvalue weighted by Crippen LogP contribution is 2.03. The normalized spacial score (nSPS) is 14.1. The van der Waals surface area contributed by atoms with Crippen LogP contribution in [0.2, 0.25) is 0 Å². The number of rotatable bonds is 10. The molecule has 0 fully saturated rings. The molecule has 2 heterocycles. The summed E-state index contributed by atoms with van der Waals surface area (Å²) in [5.74, 6) is -2.69. The van der Waals surface area contributed by atoms with Crippen LogP contribution in [0.5, 0.6) is 0 Å². The number of nitrogens with two attached hydrogens (primary N) is 1. The van der Waals surface area contributed by atoms with E-state index in [-0.39, 0.29) is 12.8 Å². The molecule has 12 heteroatoms. The molecule has 0 aliphatic heterocycles. The topological polar surface area (TPSA) is 199 Å². The van der Waals surface area contributed by atoms with Gasteiger partial charge in [-0.25, -0.2) is 14.8 Å². The van der Waals surface area contributed by atoms with Crippen LogP contribution in [0.25, 0.3) is 0 Å². The Bertz CT molecular complexity index is 747. The van der Waals surface area contributed by atoms with Gasteiger partial charge < -0.3 is 36.5 Å². The zero-order valence-electron chi connectivity index (χ0n) is 14.3. The molecule has 0 bridgehead atoms. The summed E-state index contributed by atoms with van der Waals surface area (Å²) >= 11 is 0. The van der Waals surface area contributed by atoms with Crippen LogP contribution in [0, 0.1) is 0 Å². The van der Waals surface area contributed by atoms with Crippen LogP contribution in [-0.4, -0.2) is 72.7 Å². The fourth-order valence-corrected chi connectivity index (χ4v) is 2.28. The van der Waals surface area contributed by atoms with Crippen molar-refractivity contribution >= 4 is 17.8 Å². The van der Waals surface area contributed by atoms with Gasteiger partial charge in [0.15, 0.2) is 0 Å². The van der Waals surface area contributed by atoms with Crippen LogP contribution in [-0.2, 0) is 27.2 Å². The number of carbonyl (C=O) groups excluding carboxylic acids is 2. The Morgan fingerprint density at radius 1 is 1.00 bits per heavy atom. The Kier molecular flexibility index (Phi) is 7.02. The Morgan fingerprint density at radius 3 is 1.96 bits per heavy atom. The van der Waals surface area contributed by atoms with Gasteiger partial charge in [-0.15, -0.1) is 0 Å². The van der Waals surface area contributed by atoms with Crippen LogP contribution >= 0.6 is 0 Å². The number of hydrogen-bond donors (Lipinski definition) is 7. The van der Waals surface area contributed by atoms with E-state index in [9.17, 15) is 19.5 Å². The first-order chi connectivity index (χ1) is 12.9. The van der Waals surface area contributed by atoms with Crippen LogP contribution < -0.4 is 16.4 Å². The highest BCUT2D eigenvalue weighted by molar-refractivity contribution is 5.92. The predicted octanol–water partition coefficient (Wildman–Crippen LogP) is -2.71. The summed E-state index contributed by atoms with van der Waals surface area (Å²) in [4.78, 5) is 49.2. The largest absolute Gasteiger partial charge is 0.480 e. The fourth-order valence-electron chi connectivity index (χ4n) is 2.28. The molecule has 8 N–H and O–H groups in total. The molecule has 2 aromatic rings. The number of imidazole rings is 2. The lowest BCUT2D eigenvalue weighted by Gasteiger charge is -2.22. The molecule has 3 unspecified atom stereocenters. The van der Waals surface area contributed by atoms with E-state index in [1.54, 1.807) is 0 Å². The van der Waals surface area contributed by atoms with Crippen LogP contribution in [0.4, 0.5) is 0 Å². The molecule has 0 radical (unpaired) electrons. The van der Waals surface area contributed by atoms with Crippen molar-refractivity contribution in [2.24, 2.45) is 5.73 Å². The number of nitrogens with one attached hydrogen (secondary N) is 4. The minimum absolute atomic E-state index is 0.0120. The van der Waals surface area contributed by atoms with Gasteiger partial charge in [0.25, 0.3) is 0 Å². The van der Waals surface area contributed by atoms with Gasteiger partial charge in [-0.05, 0) is 0 Å². The van der Waals surface area contributed by atoms with Gasteiger partial charge in [0.05, 0.1) is 19.3 Å². The van der Waals surface area contributed by atoms with Crippen LogP contribution in [0.15, 0.2) is 25.0 Å². The van der Waals surface area contributed by atoms with E-state index in [0.717, 1.165) is 0 Å². The fraction of sp³-hybridized carbons (Fsp3) is 0.400. The lowest BCUT2D eigenvalue weighted by atomic mass is 10.1. The van der Waals surface area contributed by atoms with Gasteiger partial charge in [0.2, 0.25) is 11.8 Å². The van der Waals surface area contributed by atoms with Crippen molar-refractivity contribution in [1.82, 2.24) is 30.6 Å². The van der Waals surface area contributed by atoms with E-state index in [4.69, 9.17) is 10.8 Å². The van der Waals surface area contributed by atoms with E-state index in [1.807, 2.05) is 0 Å². The van der Waals surface area contributed by atoms with Crippen LogP contribution in [0.1, 0.15) is 11.4 Å². The average Bonchev–Trinajstić information content (AvgIpc) is 3.33. The molecule has 27 heavy (non-hydrogen) atoms. The van der Waals surface area contributed by atoms with Gasteiger partial charge in [-0.3, -0.25) is 9.59 Å². The Hall–Kier alpha value is -3.25. The summed E-state index contributed by atoms with van der Waals surface area (Å²) in [7, 11) is 0. The predicted molar refractivity (Wildman–Crippen MR) is 91.1 cm³/mol. The maximum atomic E-state index is 12.6. The molecule has 0 saturated heterocycles. The second-order valence-electron chi connectivity index (χ2n) is 5.81. The minimum Gasteiger partial charge on any atom is -0.480 e. The number of carboxylic acids is 1. The second-order valence-corrected chi connectivity index (χ2v) is 5.81. The van der Waals surface area contributed by atoms with E-state index < -0.39 is 42.5 Å².